The van der Waals surface area contributed by atoms with Crippen molar-refractivity contribution >= 4 is 33.6 Å². The van der Waals surface area contributed by atoms with Gasteiger partial charge in [-0.05, 0) is 0 Å². The maximum absolute atomic E-state index is 11.6. The molecule has 1 aliphatic rings. The quantitative estimate of drug-likeness (QED) is 0.656. The topological polar surface area (TPSA) is 110 Å². The van der Waals surface area contributed by atoms with Crippen molar-refractivity contribution in [2.75, 3.05) is 12.4 Å². The second-order valence-electron chi connectivity index (χ2n) is 3.02. The van der Waals surface area contributed by atoms with E-state index in [-0.39, 0.29) is 24.5 Å². The molecular formula is C7H10ClN3O4S. The Morgan fingerprint density at radius 2 is 2.19 bits per heavy atom. The summed E-state index contributed by atoms with van der Waals surface area (Å²) in [5.41, 5.74) is 4.85. The average molecular weight is 268 g/mol. The molecule has 0 atom stereocenters. The second-order valence-corrected chi connectivity index (χ2v) is 5.11. The normalized spacial score (nSPS) is 18.9. The van der Waals surface area contributed by atoms with Gasteiger partial charge in [-0.1, -0.05) is 0 Å². The number of halogens is 1. The van der Waals surface area contributed by atoms with Crippen LogP contribution in [-0.2, 0) is 14.8 Å². The molecule has 0 aromatic carbocycles. The molecule has 0 spiro atoms. The highest BCUT2D eigenvalue weighted by Gasteiger charge is 2.31. The number of carbonyl (C=O) groups excluding carboxylic acids is 2. The number of amides is 3. The molecule has 0 aromatic rings. The predicted molar refractivity (Wildman–Crippen MR) is 56.8 cm³/mol. The zero-order valence-corrected chi connectivity index (χ0v) is 9.71. The fourth-order valence-electron chi connectivity index (χ4n) is 1.17. The summed E-state index contributed by atoms with van der Waals surface area (Å²) in [6.07, 6.45) is -0.334. The van der Waals surface area contributed by atoms with Crippen molar-refractivity contribution < 1.29 is 18.0 Å². The molecule has 16 heavy (non-hydrogen) atoms. The van der Waals surface area contributed by atoms with E-state index in [0.717, 1.165) is 5.41 Å². The number of nitrogens with two attached hydrogens (primary N) is 1. The zero-order chi connectivity index (χ0) is 12.3. The second kappa shape index (κ2) is 4.71. The van der Waals surface area contributed by atoms with Crippen LogP contribution in [0.4, 0.5) is 4.79 Å². The van der Waals surface area contributed by atoms with Gasteiger partial charge >= 0.3 is 6.03 Å². The molecule has 0 aromatic heterocycles. The largest absolute Gasteiger partial charge is 0.369 e. The van der Waals surface area contributed by atoms with Crippen molar-refractivity contribution in [3.05, 3.63) is 11.1 Å². The number of hydrogen-bond acceptors (Lipinski definition) is 4. The van der Waals surface area contributed by atoms with Gasteiger partial charge in [-0.2, -0.15) is 0 Å². The smallest absolute Gasteiger partial charge is 0.335 e. The van der Waals surface area contributed by atoms with Gasteiger partial charge in [0.25, 0.3) is 10.0 Å². The molecule has 3 amide bonds. The minimum absolute atomic E-state index is 0.00829. The lowest BCUT2D eigenvalue weighted by atomic mass is 10.3. The van der Waals surface area contributed by atoms with Gasteiger partial charge in [-0.15, -0.1) is 11.6 Å². The van der Waals surface area contributed by atoms with Crippen LogP contribution in [0.15, 0.2) is 11.1 Å². The van der Waals surface area contributed by atoms with E-state index in [9.17, 15) is 18.0 Å². The molecule has 1 rings (SSSR count). The Hall–Kier alpha value is -1.28. The Morgan fingerprint density at radius 1 is 1.56 bits per heavy atom. The Morgan fingerprint density at radius 3 is 2.62 bits per heavy atom. The van der Waals surface area contributed by atoms with Gasteiger partial charge in [-0.25, -0.2) is 17.5 Å². The summed E-state index contributed by atoms with van der Waals surface area (Å²) in [5.74, 6) is -0.737. The molecular weight excluding hydrogens is 258 g/mol. The number of nitrogens with one attached hydrogen (secondary N) is 1. The first-order valence-electron chi connectivity index (χ1n) is 4.25. The van der Waals surface area contributed by atoms with Gasteiger partial charge in [0, 0.05) is 11.6 Å². The monoisotopic (exact) mass is 267 g/mol. The minimum Gasteiger partial charge on any atom is -0.369 e. The van der Waals surface area contributed by atoms with E-state index < -0.39 is 22.0 Å². The third-order valence-corrected chi connectivity index (χ3v) is 3.46. The summed E-state index contributed by atoms with van der Waals surface area (Å²) in [5, 5.41) is 3.05. The molecule has 1 aliphatic heterocycles. The third kappa shape index (κ3) is 2.86. The van der Waals surface area contributed by atoms with Crippen molar-refractivity contribution in [1.29, 1.82) is 0 Å². The van der Waals surface area contributed by atoms with Crippen LogP contribution in [0.5, 0.6) is 0 Å². The summed E-state index contributed by atoms with van der Waals surface area (Å²) in [6.45, 7) is -0.129. The van der Waals surface area contributed by atoms with Crippen LogP contribution in [-0.4, -0.2) is 37.1 Å². The highest BCUT2D eigenvalue weighted by molar-refractivity contribution is 7.92. The van der Waals surface area contributed by atoms with Crippen LogP contribution in [0.1, 0.15) is 6.42 Å². The van der Waals surface area contributed by atoms with Crippen molar-refractivity contribution in [1.82, 2.24) is 9.62 Å². The Labute approximate surface area is 97.3 Å². The summed E-state index contributed by atoms with van der Waals surface area (Å²) >= 11 is 5.37. The predicted octanol–water partition coefficient (Wildman–Crippen LogP) is -0.703. The average Bonchev–Trinajstić information content (AvgIpc) is 2.09. The van der Waals surface area contributed by atoms with Crippen LogP contribution in [0.2, 0.25) is 0 Å². The molecule has 1 heterocycles. The number of primary amides is 1. The summed E-state index contributed by atoms with van der Waals surface area (Å²) < 4.78 is 23.7. The number of hydrogen-bond donors (Lipinski definition) is 2. The Kier molecular flexibility index (Phi) is 3.76. The van der Waals surface area contributed by atoms with E-state index >= 15 is 0 Å². The highest BCUT2D eigenvalue weighted by atomic mass is 35.5. The first kappa shape index (κ1) is 12.8. The fourth-order valence-corrected chi connectivity index (χ4v) is 2.69. The summed E-state index contributed by atoms with van der Waals surface area (Å²) in [7, 11) is -3.86. The SMILES string of the molecule is NC(=O)CC1=CS(=O)(=O)N(CCCl)C(=O)N1. The molecule has 90 valence electrons. The molecule has 0 saturated carbocycles. The molecule has 0 unspecified atom stereocenters. The Balaban J connectivity index is 2.99. The Bertz CT molecular complexity index is 445. The van der Waals surface area contributed by atoms with E-state index in [1.54, 1.807) is 0 Å². The minimum atomic E-state index is -3.86. The van der Waals surface area contributed by atoms with E-state index in [2.05, 4.69) is 5.32 Å². The first-order chi connectivity index (χ1) is 7.36. The number of rotatable bonds is 4. The lowest BCUT2D eigenvalue weighted by Crippen LogP contribution is -2.47. The third-order valence-electron chi connectivity index (χ3n) is 1.74. The van der Waals surface area contributed by atoms with Gasteiger partial charge < -0.3 is 11.1 Å². The number of sulfonamides is 1. The van der Waals surface area contributed by atoms with Crippen LogP contribution < -0.4 is 11.1 Å². The molecule has 0 radical (unpaired) electrons. The van der Waals surface area contributed by atoms with Crippen molar-refractivity contribution in [2.45, 2.75) is 6.42 Å². The van der Waals surface area contributed by atoms with E-state index in [1.165, 1.54) is 0 Å². The van der Waals surface area contributed by atoms with Gasteiger partial charge in [0.1, 0.15) is 0 Å². The van der Waals surface area contributed by atoms with Crippen molar-refractivity contribution in [2.24, 2.45) is 5.73 Å². The van der Waals surface area contributed by atoms with E-state index in [4.69, 9.17) is 17.3 Å². The highest BCUT2D eigenvalue weighted by Crippen LogP contribution is 2.14. The summed E-state index contributed by atoms with van der Waals surface area (Å²) in [6, 6.07) is -0.834. The van der Waals surface area contributed by atoms with Crippen molar-refractivity contribution in [3.63, 3.8) is 0 Å². The van der Waals surface area contributed by atoms with Crippen LogP contribution in [0.3, 0.4) is 0 Å². The maximum Gasteiger partial charge on any atom is 0.335 e. The molecule has 0 fully saturated rings. The van der Waals surface area contributed by atoms with Gasteiger partial charge in [0.15, 0.2) is 0 Å². The molecule has 0 aliphatic carbocycles. The lowest BCUT2D eigenvalue weighted by molar-refractivity contribution is -0.117. The number of urea groups is 1. The number of carbonyl (C=O) groups is 2. The lowest BCUT2D eigenvalue weighted by Gasteiger charge is -2.25. The van der Waals surface area contributed by atoms with Gasteiger partial charge in [0.2, 0.25) is 5.91 Å². The van der Waals surface area contributed by atoms with Gasteiger partial charge in [-0.3, -0.25) is 4.79 Å². The molecule has 3 N–H and O–H groups in total. The van der Waals surface area contributed by atoms with Crippen molar-refractivity contribution in [3.8, 4) is 0 Å². The van der Waals surface area contributed by atoms with Crippen LogP contribution >= 0.6 is 11.6 Å². The van der Waals surface area contributed by atoms with Crippen LogP contribution in [0, 0.1) is 0 Å². The molecule has 9 heteroatoms. The number of alkyl halides is 1. The molecule has 7 nitrogen and oxygen atoms in total. The molecule has 0 saturated heterocycles. The summed E-state index contributed by atoms with van der Waals surface area (Å²) in [4.78, 5) is 22.0. The van der Waals surface area contributed by atoms with Gasteiger partial charge in [0.05, 0.1) is 18.4 Å². The van der Waals surface area contributed by atoms with E-state index in [1.807, 2.05) is 0 Å². The van der Waals surface area contributed by atoms with E-state index in [0.29, 0.717) is 4.31 Å². The fraction of sp³-hybridized carbons (Fsp3) is 0.429. The zero-order valence-electron chi connectivity index (χ0n) is 8.14. The first-order valence-corrected chi connectivity index (χ1v) is 6.29. The number of nitrogens with zero attached hydrogens (tertiary/aromatic N) is 1. The van der Waals surface area contributed by atoms with Crippen LogP contribution in [0.25, 0.3) is 0 Å². The molecule has 0 bridgehead atoms. The maximum atomic E-state index is 11.6. The standard InChI is InChI=1S/C7H10ClN3O4S/c8-1-2-11-7(13)10-5(3-6(9)12)4-16(11,14)15/h4H,1-3H2,(H2,9,12)(H,10,13).